The van der Waals surface area contributed by atoms with Gasteiger partial charge in [0.1, 0.15) is 0 Å². The highest BCUT2D eigenvalue weighted by molar-refractivity contribution is 5.99. The molecule has 1 heterocycles. The van der Waals surface area contributed by atoms with Crippen molar-refractivity contribution in [1.29, 1.82) is 0 Å². The van der Waals surface area contributed by atoms with Gasteiger partial charge in [0.15, 0.2) is 17.5 Å². The van der Waals surface area contributed by atoms with Crippen molar-refractivity contribution in [2.75, 3.05) is 32.0 Å². The summed E-state index contributed by atoms with van der Waals surface area (Å²) in [5, 5.41) is 2.15. The van der Waals surface area contributed by atoms with Crippen LogP contribution in [0.4, 0.5) is 18.9 Å². The Morgan fingerprint density at radius 2 is 1.63 bits per heavy atom. The number of piperidine rings is 1. The fraction of sp³-hybridized carbons (Fsp3) is 0.364. The Morgan fingerprint density at radius 3 is 2.30 bits per heavy atom. The third-order valence-corrected chi connectivity index (χ3v) is 5.09. The molecule has 0 saturated carbocycles. The van der Waals surface area contributed by atoms with Crippen molar-refractivity contribution >= 4 is 17.5 Å². The van der Waals surface area contributed by atoms with Crippen LogP contribution in [0.3, 0.4) is 0 Å². The summed E-state index contributed by atoms with van der Waals surface area (Å²) in [7, 11) is 1.44. The summed E-state index contributed by atoms with van der Waals surface area (Å²) >= 11 is 0. The molecule has 0 unspecified atom stereocenters. The molecule has 0 bridgehead atoms. The molecule has 160 valence electrons. The first-order chi connectivity index (χ1) is 14.3. The second kappa shape index (κ2) is 9.75. The minimum absolute atomic E-state index is 0.368. The fourth-order valence-electron chi connectivity index (χ4n) is 3.45. The van der Waals surface area contributed by atoms with Crippen LogP contribution in [0.1, 0.15) is 35.2 Å². The number of halogens is 3. The van der Waals surface area contributed by atoms with Crippen LogP contribution in [0.5, 0.6) is 0 Å². The first-order valence-corrected chi connectivity index (χ1v) is 9.85. The molecule has 0 atom stereocenters. The average Bonchev–Trinajstić information content (AvgIpc) is 2.75. The standard InChI is InChI=1S/C22H24F3N3O2/c1-27(14-19(29)26-18-10-9-17(23)20(24)21(18)25)22(30)16-7-5-15(6-8-16)13-28-11-3-2-4-12-28/h5-10H,2-4,11-14H2,1H3,(H,26,29). The number of carbonyl (C=O) groups is 2. The van der Waals surface area contributed by atoms with Gasteiger partial charge >= 0.3 is 0 Å². The van der Waals surface area contributed by atoms with Crippen molar-refractivity contribution in [1.82, 2.24) is 9.80 Å². The minimum Gasteiger partial charge on any atom is -0.332 e. The van der Waals surface area contributed by atoms with E-state index in [1.54, 1.807) is 12.1 Å². The summed E-state index contributed by atoms with van der Waals surface area (Å²) < 4.78 is 39.9. The van der Waals surface area contributed by atoms with E-state index in [-0.39, 0.29) is 12.5 Å². The summed E-state index contributed by atoms with van der Waals surface area (Å²) in [6.07, 6.45) is 3.68. The van der Waals surface area contributed by atoms with E-state index in [9.17, 15) is 22.8 Å². The van der Waals surface area contributed by atoms with Gasteiger partial charge in [-0.1, -0.05) is 18.6 Å². The zero-order chi connectivity index (χ0) is 21.7. The van der Waals surface area contributed by atoms with Gasteiger partial charge in [-0.25, -0.2) is 13.2 Å². The van der Waals surface area contributed by atoms with Gasteiger partial charge in [-0.2, -0.15) is 0 Å². The third kappa shape index (κ3) is 5.38. The molecular weight excluding hydrogens is 395 g/mol. The largest absolute Gasteiger partial charge is 0.332 e. The average molecular weight is 419 g/mol. The molecule has 2 aromatic rings. The van der Waals surface area contributed by atoms with Crippen LogP contribution in [-0.4, -0.2) is 48.3 Å². The van der Waals surface area contributed by atoms with E-state index in [1.807, 2.05) is 12.1 Å². The molecule has 3 rings (SSSR count). The topological polar surface area (TPSA) is 52.7 Å². The summed E-state index contributed by atoms with van der Waals surface area (Å²) in [5.41, 5.74) is 1.05. The predicted molar refractivity (Wildman–Crippen MR) is 107 cm³/mol. The van der Waals surface area contributed by atoms with Gasteiger partial charge < -0.3 is 10.2 Å². The van der Waals surface area contributed by atoms with Crippen molar-refractivity contribution in [3.05, 3.63) is 65.0 Å². The molecular formula is C22H24F3N3O2. The van der Waals surface area contributed by atoms with Gasteiger partial charge in [0, 0.05) is 19.2 Å². The molecule has 2 amide bonds. The molecule has 0 radical (unpaired) electrons. The number of hydrogen-bond acceptors (Lipinski definition) is 3. The van der Waals surface area contributed by atoms with Crippen LogP contribution in [0.15, 0.2) is 36.4 Å². The van der Waals surface area contributed by atoms with Gasteiger partial charge in [-0.15, -0.1) is 0 Å². The zero-order valence-corrected chi connectivity index (χ0v) is 16.8. The van der Waals surface area contributed by atoms with Crippen LogP contribution in [0.25, 0.3) is 0 Å². The second-order valence-corrected chi connectivity index (χ2v) is 7.47. The van der Waals surface area contributed by atoms with E-state index < -0.39 is 29.0 Å². The Labute approximate surface area is 173 Å². The summed E-state index contributed by atoms with van der Waals surface area (Å²) in [5.74, 6) is -5.59. The Morgan fingerprint density at radius 1 is 0.967 bits per heavy atom. The zero-order valence-electron chi connectivity index (χ0n) is 16.8. The second-order valence-electron chi connectivity index (χ2n) is 7.47. The van der Waals surface area contributed by atoms with E-state index in [2.05, 4.69) is 10.2 Å². The van der Waals surface area contributed by atoms with Crippen LogP contribution < -0.4 is 5.32 Å². The quantitative estimate of drug-likeness (QED) is 0.725. The van der Waals surface area contributed by atoms with Gasteiger partial charge in [0.05, 0.1) is 12.2 Å². The molecule has 1 aliphatic rings. The van der Waals surface area contributed by atoms with E-state index in [4.69, 9.17) is 0 Å². The van der Waals surface area contributed by atoms with Crippen molar-refractivity contribution in [2.24, 2.45) is 0 Å². The number of carbonyl (C=O) groups excluding carboxylic acids is 2. The highest BCUT2D eigenvalue weighted by Crippen LogP contribution is 2.19. The van der Waals surface area contributed by atoms with Gasteiger partial charge in [-0.3, -0.25) is 14.5 Å². The normalized spacial score (nSPS) is 14.4. The number of likely N-dealkylation sites (tertiary alicyclic amines) is 1. The minimum atomic E-state index is -1.66. The Bertz CT molecular complexity index is 913. The predicted octanol–water partition coefficient (Wildman–Crippen LogP) is 3.80. The van der Waals surface area contributed by atoms with Crippen molar-refractivity contribution < 1.29 is 22.8 Å². The highest BCUT2D eigenvalue weighted by atomic mass is 19.2. The van der Waals surface area contributed by atoms with Crippen LogP contribution >= 0.6 is 0 Å². The highest BCUT2D eigenvalue weighted by Gasteiger charge is 2.19. The molecule has 0 aliphatic carbocycles. The lowest BCUT2D eigenvalue weighted by Crippen LogP contribution is -2.35. The molecule has 5 nitrogen and oxygen atoms in total. The number of hydrogen-bond donors (Lipinski definition) is 1. The molecule has 1 saturated heterocycles. The maximum Gasteiger partial charge on any atom is 0.254 e. The molecule has 30 heavy (non-hydrogen) atoms. The summed E-state index contributed by atoms with van der Waals surface area (Å²) in [4.78, 5) is 28.2. The van der Waals surface area contributed by atoms with E-state index in [0.717, 1.165) is 31.3 Å². The monoisotopic (exact) mass is 419 g/mol. The SMILES string of the molecule is CN(CC(=O)Nc1ccc(F)c(F)c1F)C(=O)c1ccc(CN2CCCCC2)cc1. The van der Waals surface area contributed by atoms with Gasteiger partial charge in [-0.05, 0) is 55.8 Å². The number of likely N-dealkylation sites (N-methyl/N-ethyl adjacent to an activating group) is 1. The first kappa shape index (κ1) is 21.8. The third-order valence-electron chi connectivity index (χ3n) is 5.09. The van der Waals surface area contributed by atoms with E-state index in [1.165, 1.54) is 31.2 Å². The van der Waals surface area contributed by atoms with Crippen molar-refractivity contribution in [2.45, 2.75) is 25.8 Å². The smallest absolute Gasteiger partial charge is 0.254 e. The number of nitrogens with zero attached hydrogens (tertiary/aromatic N) is 2. The number of benzene rings is 2. The van der Waals surface area contributed by atoms with Crippen LogP contribution in [0, 0.1) is 17.5 Å². The van der Waals surface area contributed by atoms with Crippen molar-refractivity contribution in [3.63, 3.8) is 0 Å². The van der Waals surface area contributed by atoms with Gasteiger partial charge in [0.2, 0.25) is 5.91 Å². The molecule has 2 aromatic carbocycles. The molecule has 1 fully saturated rings. The lowest BCUT2D eigenvalue weighted by atomic mass is 10.1. The van der Waals surface area contributed by atoms with E-state index >= 15 is 0 Å². The molecule has 1 N–H and O–H groups in total. The molecule has 8 heteroatoms. The maximum atomic E-state index is 13.7. The lowest BCUT2D eigenvalue weighted by molar-refractivity contribution is -0.116. The van der Waals surface area contributed by atoms with E-state index in [0.29, 0.717) is 11.6 Å². The number of nitrogens with one attached hydrogen (secondary N) is 1. The number of amides is 2. The maximum absolute atomic E-state index is 13.7. The van der Waals surface area contributed by atoms with Crippen LogP contribution in [-0.2, 0) is 11.3 Å². The van der Waals surface area contributed by atoms with Crippen molar-refractivity contribution in [3.8, 4) is 0 Å². The Kier molecular flexibility index (Phi) is 7.10. The first-order valence-electron chi connectivity index (χ1n) is 9.85. The fourth-order valence-corrected chi connectivity index (χ4v) is 3.45. The van der Waals surface area contributed by atoms with Crippen LogP contribution in [0.2, 0.25) is 0 Å². The summed E-state index contributed by atoms with van der Waals surface area (Å²) in [6.45, 7) is 2.63. The van der Waals surface area contributed by atoms with Gasteiger partial charge in [0.25, 0.3) is 5.91 Å². The molecule has 1 aliphatic heterocycles. The Balaban J connectivity index is 1.56. The number of anilines is 1. The Hall–Kier alpha value is -2.87. The summed E-state index contributed by atoms with van der Waals surface area (Å²) in [6, 6.07) is 8.86. The molecule has 0 spiro atoms. The molecule has 0 aromatic heterocycles. The number of rotatable bonds is 6. The lowest BCUT2D eigenvalue weighted by Gasteiger charge is -2.26.